The number of aliphatic carboxylic acids is 1. The Bertz CT molecular complexity index is 353. The second kappa shape index (κ2) is 7.07. The van der Waals surface area contributed by atoms with Crippen molar-refractivity contribution in [3.8, 4) is 0 Å². The lowest BCUT2D eigenvalue weighted by Gasteiger charge is -2.30. The maximum Gasteiger partial charge on any atom is 0.307 e. The van der Waals surface area contributed by atoms with Crippen molar-refractivity contribution in [1.29, 1.82) is 0 Å². The van der Waals surface area contributed by atoms with Crippen LogP contribution in [-0.4, -0.2) is 47.6 Å². The molecule has 0 aromatic carbocycles. The number of carboxylic acids is 1. The Kier molecular flexibility index (Phi) is 5.40. The van der Waals surface area contributed by atoms with Crippen molar-refractivity contribution in [2.45, 2.75) is 51.5 Å². The van der Waals surface area contributed by atoms with E-state index in [1.807, 2.05) is 6.92 Å². The van der Waals surface area contributed by atoms with E-state index in [0.717, 1.165) is 26.1 Å². The quantitative estimate of drug-likeness (QED) is 0.801. The van der Waals surface area contributed by atoms with Gasteiger partial charge in [-0.1, -0.05) is 12.8 Å². The molecule has 0 spiro atoms. The topological polar surface area (TPSA) is 69.6 Å². The summed E-state index contributed by atoms with van der Waals surface area (Å²) in [6.45, 7) is 5.11. The molecule has 3 atom stereocenters. The van der Waals surface area contributed by atoms with Crippen LogP contribution in [-0.2, 0) is 9.59 Å². The molecule has 20 heavy (non-hydrogen) atoms. The number of rotatable bonds is 5. The molecule has 0 bridgehead atoms. The van der Waals surface area contributed by atoms with Crippen molar-refractivity contribution < 1.29 is 14.7 Å². The van der Waals surface area contributed by atoms with E-state index < -0.39 is 11.9 Å². The number of amides is 1. The van der Waals surface area contributed by atoms with Crippen LogP contribution in [0.5, 0.6) is 0 Å². The fourth-order valence-corrected chi connectivity index (χ4v) is 3.49. The number of nitrogens with one attached hydrogen (secondary N) is 1. The zero-order valence-electron chi connectivity index (χ0n) is 12.3. The molecule has 5 heteroatoms. The molecule has 1 saturated carbocycles. The normalized spacial score (nSPS) is 29.1. The molecule has 1 saturated heterocycles. The first-order valence-electron chi connectivity index (χ1n) is 7.83. The summed E-state index contributed by atoms with van der Waals surface area (Å²) in [5.41, 5.74) is 0. The van der Waals surface area contributed by atoms with Gasteiger partial charge in [0.05, 0.1) is 11.8 Å². The molecule has 5 nitrogen and oxygen atoms in total. The van der Waals surface area contributed by atoms with Gasteiger partial charge in [-0.05, 0) is 45.7 Å². The van der Waals surface area contributed by atoms with Crippen LogP contribution < -0.4 is 5.32 Å². The van der Waals surface area contributed by atoms with Gasteiger partial charge in [0, 0.05) is 12.6 Å². The molecule has 0 radical (unpaired) electrons. The number of piperidine rings is 1. The number of likely N-dealkylation sites (tertiary alicyclic amines) is 1. The Morgan fingerprint density at radius 3 is 2.45 bits per heavy atom. The summed E-state index contributed by atoms with van der Waals surface area (Å²) in [5.74, 6) is -1.72. The largest absolute Gasteiger partial charge is 0.481 e. The van der Waals surface area contributed by atoms with Crippen LogP contribution in [0.4, 0.5) is 0 Å². The highest BCUT2D eigenvalue weighted by atomic mass is 16.4. The van der Waals surface area contributed by atoms with Crippen molar-refractivity contribution >= 4 is 11.9 Å². The third-order valence-corrected chi connectivity index (χ3v) is 4.54. The highest BCUT2D eigenvalue weighted by Crippen LogP contribution is 2.32. The van der Waals surface area contributed by atoms with Gasteiger partial charge in [0.25, 0.3) is 0 Å². The van der Waals surface area contributed by atoms with Gasteiger partial charge in [0.1, 0.15) is 0 Å². The summed E-state index contributed by atoms with van der Waals surface area (Å²) in [4.78, 5) is 25.7. The summed E-state index contributed by atoms with van der Waals surface area (Å²) in [6, 6.07) is 0.0932. The smallest absolute Gasteiger partial charge is 0.307 e. The molecule has 0 aromatic heterocycles. The lowest BCUT2D eigenvalue weighted by atomic mass is 9.95. The van der Waals surface area contributed by atoms with Gasteiger partial charge in [-0.2, -0.15) is 0 Å². The van der Waals surface area contributed by atoms with Crippen molar-refractivity contribution in [3.05, 3.63) is 0 Å². The number of carboxylic acid groups (broad SMARTS) is 1. The van der Waals surface area contributed by atoms with Crippen molar-refractivity contribution in [3.63, 3.8) is 0 Å². The van der Waals surface area contributed by atoms with Gasteiger partial charge >= 0.3 is 5.97 Å². The Morgan fingerprint density at radius 2 is 1.80 bits per heavy atom. The first-order valence-corrected chi connectivity index (χ1v) is 7.83. The Labute approximate surface area is 120 Å². The molecule has 1 heterocycles. The third-order valence-electron chi connectivity index (χ3n) is 4.54. The monoisotopic (exact) mass is 282 g/mol. The third kappa shape index (κ3) is 3.95. The lowest BCUT2D eigenvalue weighted by molar-refractivity contribution is -0.146. The van der Waals surface area contributed by atoms with E-state index in [-0.39, 0.29) is 17.9 Å². The zero-order chi connectivity index (χ0) is 14.5. The summed E-state index contributed by atoms with van der Waals surface area (Å²) in [5, 5.41) is 12.1. The van der Waals surface area contributed by atoms with Crippen molar-refractivity contribution in [2.24, 2.45) is 11.8 Å². The Balaban J connectivity index is 1.79. The average Bonchev–Trinajstić information content (AvgIpc) is 2.89. The molecule has 1 aliphatic heterocycles. The number of nitrogens with zero attached hydrogens (tertiary/aromatic N) is 1. The molecule has 114 valence electrons. The standard InChI is InChI=1S/C15H26N2O3/c1-11(10-17-8-3-2-4-9-17)16-14(18)12-6-5-7-13(12)15(19)20/h11-13H,2-10H2,1H3,(H,16,18)(H,19,20)/t11?,12-,13+/m1/s1. The van der Waals surface area contributed by atoms with E-state index in [1.54, 1.807) is 0 Å². The van der Waals surface area contributed by atoms with Gasteiger partial charge in [0.2, 0.25) is 5.91 Å². The fourth-order valence-electron chi connectivity index (χ4n) is 3.49. The maximum absolute atomic E-state index is 12.2. The predicted molar refractivity (Wildman–Crippen MR) is 76.4 cm³/mol. The minimum Gasteiger partial charge on any atom is -0.481 e. The van der Waals surface area contributed by atoms with Gasteiger partial charge in [-0.25, -0.2) is 0 Å². The molecule has 1 amide bonds. The molecular formula is C15H26N2O3. The van der Waals surface area contributed by atoms with Gasteiger partial charge in [-0.3, -0.25) is 9.59 Å². The highest BCUT2D eigenvalue weighted by Gasteiger charge is 2.38. The molecule has 2 aliphatic rings. The molecule has 1 unspecified atom stereocenters. The van der Waals surface area contributed by atoms with E-state index in [4.69, 9.17) is 5.11 Å². The summed E-state index contributed by atoms with van der Waals surface area (Å²) in [7, 11) is 0. The molecule has 2 fully saturated rings. The predicted octanol–water partition coefficient (Wildman–Crippen LogP) is 1.48. The second-order valence-corrected chi connectivity index (χ2v) is 6.25. The molecule has 2 rings (SSSR count). The van der Waals surface area contributed by atoms with E-state index in [2.05, 4.69) is 10.2 Å². The van der Waals surface area contributed by atoms with Crippen LogP contribution in [0.3, 0.4) is 0 Å². The van der Waals surface area contributed by atoms with Crippen LogP contribution in [0.25, 0.3) is 0 Å². The van der Waals surface area contributed by atoms with Gasteiger partial charge in [0.15, 0.2) is 0 Å². The number of hydrogen-bond acceptors (Lipinski definition) is 3. The molecule has 2 N–H and O–H groups in total. The lowest BCUT2D eigenvalue weighted by Crippen LogP contribution is -2.46. The second-order valence-electron chi connectivity index (χ2n) is 6.25. The van der Waals surface area contributed by atoms with Crippen molar-refractivity contribution in [2.75, 3.05) is 19.6 Å². The molecule has 1 aliphatic carbocycles. The van der Waals surface area contributed by atoms with E-state index in [1.165, 1.54) is 19.3 Å². The average molecular weight is 282 g/mol. The van der Waals surface area contributed by atoms with Gasteiger partial charge in [-0.15, -0.1) is 0 Å². The highest BCUT2D eigenvalue weighted by molar-refractivity contribution is 5.85. The summed E-state index contributed by atoms with van der Waals surface area (Å²) >= 11 is 0. The van der Waals surface area contributed by atoms with Crippen LogP contribution in [0.2, 0.25) is 0 Å². The Morgan fingerprint density at radius 1 is 1.15 bits per heavy atom. The van der Waals surface area contributed by atoms with Crippen LogP contribution in [0.15, 0.2) is 0 Å². The molecular weight excluding hydrogens is 256 g/mol. The summed E-state index contributed by atoms with van der Waals surface area (Å²) < 4.78 is 0. The minimum atomic E-state index is -0.827. The Hall–Kier alpha value is -1.10. The SMILES string of the molecule is CC(CN1CCCCC1)NC(=O)[C@@H]1CCC[C@@H]1C(=O)O. The van der Waals surface area contributed by atoms with Crippen LogP contribution >= 0.6 is 0 Å². The number of carbonyl (C=O) groups excluding carboxylic acids is 1. The van der Waals surface area contributed by atoms with E-state index >= 15 is 0 Å². The maximum atomic E-state index is 12.2. The molecule has 0 aromatic rings. The van der Waals surface area contributed by atoms with E-state index in [0.29, 0.717) is 12.8 Å². The zero-order valence-corrected chi connectivity index (χ0v) is 12.3. The van der Waals surface area contributed by atoms with E-state index in [9.17, 15) is 9.59 Å². The first kappa shape index (κ1) is 15.3. The van der Waals surface area contributed by atoms with Crippen LogP contribution in [0, 0.1) is 11.8 Å². The number of carbonyl (C=O) groups is 2. The van der Waals surface area contributed by atoms with Crippen LogP contribution in [0.1, 0.15) is 45.4 Å². The van der Waals surface area contributed by atoms with Crippen molar-refractivity contribution in [1.82, 2.24) is 10.2 Å². The number of hydrogen-bond donors (Lipinski definition) is 2. The van der Waals surface area contributed by atoms with Gasteiger partial charge < -0.3 is 15.3 Å². The minimum absolute atomic E-state index is 0.0700. The summed E-state index contributed by atoms with van der Waals surface area (Å²) in [6.07, 6.45) is 5.97. The first-order chi connectivity index (χ1) is 9.58. The fraction of sp³-hybridized carbons (Fsp3) is 0.867.